The van der Waals surface area contributed by atoms with Gasteiger partial charge in [0.15, 0.2) is 0 Å². The van der Waals surface area contributed by atoms with Crippen molar-refractivity contribution < 1.29 is 9.50 Å². The number of nitrogens with zero attached hydrogens (tertiary/aromatic N) is 1. The lowest BCUT2D eigenvalue weighted by atomic mass is 10.0. The minimum atomic E-state index is -0.633. The normalized spacial score (nSPS) is 16.7. The Labute approximate surface area is 115 Å². The van der Waals surface area contributed by atoms with Gasteiger partial charge in [-0.2, -0.15) is 0 Å². The van der Waals surface area contributed by atoms with Crippen LogP contribution in [0.15, 0.2) is 18.2 Å². The van der Waals surface area contributed by atoms with E-state index in [9.17, 15) is 9.50 Å². The molecule has 0 unspecified atom stereocenters. The van der Waals surface area contributed by atoms with Gasteiger partial charge in [0.1, 0.15) is 5.82 Å². The summed E-state index contributed by atoms with van der Waals surface area (Å²) in [6.07, 6.45) is 2.67. The predicted octanol–water partition coefficient (Wildman–Crippen LogP) is 3.89. The summed E-state index contributed by atoms with van der Waals surface area (Å²) in [4.78, 5) is 2.16. The summed E-state index contributed by atoms with van der Waals surface area (Å²) in [5.74, 6) is 0.386. The van der Waals surface area contributed by atoms with E-state index < -0.39 is 6.10 Å². The Kier molecular flexibility index (Phi) is 4.46. The van der Waals surface area contributed by atoms with Gasteiger partial charge in [-0.1, -0.05) is 26.0 Å². The van der Waals surface area contributed by atoms with Crippen molar-refractivity contribution in [2.45, 2.75) is 52.2 Å². The fraction of sp³-hybridized carbons (Fsp3) is 0.625. The van der Waals surface area contributed by atoms with E-state index in [4.69, 9.17) is 0 Å². The minimum absolute atomic E-state index is 0.214. The van der Waals surface area contributed by atoms with E-state index in [1.54, 1.807) is 13.0 Å². The van der Waals surface area contributed by atoms with Crippen LogP contribution < -0.4 is 4.90 Å². The van der Waals surface area contributed by atoms with Crippen LogP contribution in [0.5, 0.6) is 0 Å². The molecule has 3 heteroatoms. The van der Waals surface area contributed by atoms with Gasteiger partial charge in [-0.25, -0.2) is 4.39 Å². The van der Waals surface area contributed by atoms with E-state index in [-0.39, 0.29) is 5.82 Å². The maximum Gasteiger partial charge on any atom is 0.146 e. The molecule has 2 nitrogen and oxygen atoms in total. The number of halogens is 1. The number of aliphatic hydroxyl groups excluding tert-OH is 1. The smallest absolute Gasteiger partial charge is 0.146 e. The molecule has 1 aliphatic carbocycles. The first-order valence-corrected chi connectivity index (χ1v) is 7.23. The van der Waals surface area contributed by atoms with Gasteiger partial charge >= 0.3 is 0 Å². The molecule has 1 saturated carbocycles. The Bertz CT molecular complexity index is 427. The Morgan fingerprint density at radius 2 is 2.00 bits per heavy atom. The monoisotopic (exact) mass is 265 g/mol. The summed E-state index contributed by atoms with van der Waals surface area (Å²) >= 11 is 0. The molecular weight excluding hydrogens is 241 g/mol. The summed E-state index contributed by atoms with van der Waals surface area (Å²) in [7, 11) is 0. The first-order valence-electron chi connectivity index (χ1n) is 7.23. The topological polar surface area (TPSA) is 23.5 Å². The first-order chi connectivity index (χ1) is 9.00. The van der Waals surface area contributed by atoms with Gasteiger partial charge in [0.2, 0.25) is 0 Å². The quantitative estimate of drug-likeness (QED) is 0.843. The molecule has 1 N–H and O–H groups in total. The molecule has 0 saturated heterocycles. The molecule has 1 atom stereocenters. The highest BCUT2D eigenvalue weighted by Gasteiger charge is 2.32. The van der Waals surface area contributed by atoms with Crippen molar-refractivity contribution >= 4 is 5.69 Å². The predicted molar refractivity (Wildman–Crippen MR) is 76.9 cm³/mol. The highest BCUT2D eigenvalue weighted by molar-refractivity contribution is 5.57. The van der Waals surface area contributed by atoms with Gasteiger partial charge in [-0.15, -0.1) is 0 Å². The number of rotatable bonds is 6. The van der Waals surface area contributed by atoms with Crippen LogP contribution >= 0.6 is 0 Å². The second kappa shape index (κ2) is 5.91. The van der Waals surface area contributed by atoms with E-state index in [0.717, 1.165) is 25.8 Å². The van der Waals surface area contributed by atoms with Gasteiger partial charge in [0, 0.05) is 18.2 Å². The molecular formula is C16H24FNO. The SMILES string of the molecule is CC(C)CCN(c1c(F)cccc1[C@@H](C)O)C1CC1. The number of benzene rings is 1. The molecule has 106 valence electrons. The number of hydrogen-bond acceptors (Lipinski definition) is 2. The third-order valence-electron chi connectivity index (χ3n) is 3.69. The Morgan fingerprint density at radius 3 is 2.53 bits per heavy atom. The molecule has 0 aromatic heterocycles. The average Bonchev–Trinajstić information content (AvgIpc) is 3.14. The Balaban J connectivity index is 2.30. The molecule has 1 fully saturated rings. The third kappa shape index (κ3) is 3.47. The number of aliphatic hydroxyl groups is 1. The Morgan fingerprint density at radius 1 is 1.32 bits per heavy atom. The van der Waals surface area contributed by atoms with Crippen LogP contribution in [0.3, 0.4) is 0 Å². The number of hydrogen-bond donors (Lipinski definition) is 1. The van der Waals surface area contributed by atoms with Crippen molar-refractivity contribution in [3.8, 4) is 0 Å². The standard InChI is InChI=1S/C16H24FNO/c1-11(2)9-10-18(13-7-8-13)16-14(12(3)19)5-4-6-15(16)17/h4-6,11-13,19H,7-10H2,1-3H3/t12-/m1/s1. The molecule has 1 aromatic rings. The zero-order chi connectivity index (χ0) is 14.0. The summed E-state index contributed by atoms with van der Waals surface area (Å²) in [5.41, 5.74) is 1.32. The van der Waals surface area contributed by atoms with Crippen molar-refractivity contribution in [3.63, 3.8) is 0 Å². The first kappa shape index (κ1) is 14.3. The molecule has 1 aromatic carbocycles. The molecule has 0 aliphatic heterocycles. The maximum atomic E-state index is 14.2. The van der Waals surface area contributed by atoms with Crippen molar-refractivity contribution in [2.75, 3.05) is 11.4 Å². The number of para-hydroxylation sites is 1. The second-order valence-corrected chi connectivity index (χ2v) is 5.96. The lowest BCUT2D eigenvalue weighted by Crippen LogP contribution is -2.30. The summed E-state index contributed by atoms with van der Waals surface area (Å²) in [5, 5.41) is 9.86. The maximum absolute atomic E-state index is 14.2. The van der Waals surface area contributed by atoms with Crippen LogP contribution in [-0.2, 0) is 0 Å². The largest absolute Gasteiger partial charge is 0.389 e. The average molecular weight is 265 g/mol. The summed E-state index contributed by atoms with van der Waals surface area (Å²) < 4.78 is 14.2. The van der Waals surface area contributed by atoms with Gasteiger partial charge in [-0.3, -0.25) is 0 Å². The zero-order valence-corrected chi connectivity index (χ0v) is 12.1. The molecule has 1 aliphatic rings. The van der Waals surface area contributed by atoms with Gasteiger partial charge in [0.05, 0.1) is 11.8 Å². The van der Waals surface area contributed by atoms with Crippen LogP contribution in [0.2, 0.25) is 0 Å². The van der Waals surface area contributed by atoms with Crippen LogP contribution in [-0.4, -0.2) is 17.7 Å². The summed E-state index contributed by atoms with van der Waals surface area (Å²) in [6.45, 7) is 6.93. The Hall–Kier alpha value is -1.09. The lowest BCUT2D eigenvalue weighted by molar-refractivity contribution is 0.199. The van der Waals surface area contributed by atoms with Crippen molar-refractivity contribution in [2.24, 2.45) is 5.92 Å². The molecule has 19 heavy (non-hydrogen) atoms. The fourth-order valence-corrected chi connectivity index (χ4v) is 2.43. The molecule has 0 heterocycles. The lowest BCUT2D eigenvalue weighted by Gasteiger charge is -2.29. The van der Waals surface area contributed by atoms with E-state index in [1.807, 2.05) is 6.07 Å². The molecule has 0 radical (unpaired) electrons. The van der Waals surface area contributed by atoms with Crippen molar-refractivity contribution in [3.05, 3.63) is 29.6 Å². The third-order valence-corrected chi connectivity index (χ3v) is 3.69. The minimum Gasteiger partial charge on any atom is -0.389 e. The van der Waals surface area contributed by atoms with Gasteiger partial charge < -0.3 is 10.0 Å². The van der Waals surface area contributed by atoms with Crippen LogP contribution in [0.25, 0.3) is 0 Å². The van der Waals surface area contributed by atoms with Crippen molar-refractivity contribution in [1.29, 1.82) is 0 Å². The highest BCUT2D eigenvalue weighted by atomic mass is 19.1. The molecule has 2 rings (SSSR count). The van der Waals surface area contributed by atoms with Gasteiger partial charge in [0.25, 0.3) is 0 Å². The molecule has 0 spiro atoms. The van der Waals surface area contributed by atoms with Crippen molar-refractivity contribution in [1.82, 2.24) is 0 Å². The summed E-state index contributed by atoms with van der Waals surface area (Å²) in [6, 6.07) is 5.45. The van der Waals surface area contributed by atoms with E-state index >= 15 is 0 Å². The van der Waals surface area contributed by atoms with Crippen LogP contribution in [0, 0.1) is 11.7 Å². The van der Waals surface area contributed by atoms with Crippen LogP contribution in [0.1, 0.15) is 51.7 Å². The van der Waals surface area contributed by atoms with E-state index in [1.165, 1.54) is 6.07 Å². The van der Waals surface area contributed by atoms with Crippen LogP contribution in [0.4, 0.5) is 10.1 Å². The molecule has 0 bridgehead atoms. The highest BCUT2D eigenvalue weighted by Crippen LogP contribution is 2.37. The molecule has 0 amide bonds. The second-order valence-electron chi connectivity index (χ2n) is 5.96. The van der Waals surface area contributed by atoms with E-state index in [2.05, 4.69) is 18.7 Å². The zero-order valence-electron chi connectivity index (χ0n) is 12.1. The fourth-order valence-electron chi connectivity index (χ4n) is 2.43. The van der Waals surface area contributed by atoms with Gasteiger partial charge in [-0.05, 0) is 38.2 Å². The van der Waals surface area contributed by atoms with E-state index in [0.29, 0.717) is 23.2 Å². The number of anilines is 1.